The zero-order valence-corrected chi connectivity index (χ0v) is 14.7. The van der Waals surface area contributed by atoms with Gasteiger partial charge < -0.3 is 4.74 Å². The van der Waals surface area contributed by atoms with Crippen molar-refractivity contribution in [2.75, 3.05) is 6.61 Å². The average molecular weight is 308 g/mol. The van der Waals surface area contributed by atoms with Gasteiger partial charge in [0, 0.05) is 22.6 Å². The number of rotatable bonds is 1. The minimum Gasteiger partial charge on any atom is -0.492 e. The van der Waals surface area contributed by atoms with Gasteiger partial charge in [-0.15, -0.1) is 0 Å². The summed E-state index contributed by atoms with van der Waals surface area (Å²) in [6, 6.07) is 10.8. The van der Waals surface area contributed by atoms with Crippen LogP contribution in [0.25, 0.3) is 5.57 Å². The van der Waals surface area contributed by atoms with E-state index in [4.69, 9.17) is 4.74 Å². The van der Waals surface area contributed by atoms with Crippen molar-refractivity contribution in [2.45, 2.75) is 40.0 Å². The molecule has 0 saturated heterocycles. The molecule has 2 heterocycles. The van der Waals surface area contributed by atoms with Gasteiger partial charge in [-0.2, -0.15) is 0 Å². The van der Waals surface area contributed by atoms with E-state index in [9.17, 15) is 0 Å². The normalized spacial score (nSPS) is 16.8. The van der Waals surface area contributed by atoms with Crippen molar-refractivity contribution in [3.05, 3.63) is 65.5 Å². The first-order valence-electron chi connectivity index (χ1n) is 8.23. The summed E-state index contributed by atoms with van der Waals surface area (Å²) in [6.07, 6.45) is 6.34. The Bertz CT molecular complexity index is 736. The molecule has 0 spiro atoms. The lowest BCUT2D eigenvalue weighted by molar-refractivity contribution is -0.378. The quantitative estimate of drug-likeness (QED) is 0.752. The van der Waals surface area contributed by atoms with Gasteiger partial charge in [-0.3, -0.25) is 0 Å². The number of aromatic nitrogens is 1. The fourth-order valence-corrected chi connectivity index (χ4v) is 2.91. The number of ether oxygens (including phenoxy) is 1. The third kappa shape index (κ3) is 3.31. The second kappa shape index (κ2) is 5.52. The van der Waals surface area contributed by atoms with Crippen LogP contribution in [0.15, 0.2) is 48.8 Å². The fraction of sp³-hybridized carbons (Fsp3) is 0.381. The van der Waals surface area contributed by atoms with Gasteiger partial charge >= 0.3 is 0 Å². The Hall–Kier alpha value is -2.09. The number of pyridine rings is 1. The zero-order valence-electron chi connectivity index (χ0n) is 14.7. The summed E-state index contributed by atoms with van der Waals surface area (Å²) in [5.41, 5.74) is 5.05. The molecule has 1 aromatic carbocycles. The molecular formula is C21H26NO+. The predicted octanol–water partition coefficient (Wildman–Crippen LogP) is 4.65. The number of aromatic amines is 1. The second-order valence-electron chi connectivity index (χ2n) is 8.09. The summed E-state index contributed by atoms with van der Waals surface area (Å²) >= 11 is 0. The first-order chi connectivity index (χ1) is 10.8. The summed E-state index contributed by atoms with van der Waals surface area (Å²) in [5, 5.41) is 0. The van der Waals surface area contributed by atoms with E-state index >= 15 is 0 Å². The Morgan fingerprint density at radius 2 is 1.91 bits per heavy atom. The zero-order chi connectivity index (χ0) is 16.7. The maximum atomic E-state index is 6.12. The summed E-state index contributed by atoms with van der Waals surface area (Å²) in [7, 11) is 0. The van der Waals surface area contributed by atoms with Gasteiger partial charge in [0.1, 0.15) is 5.75 Å². The van der Waals surface area contributed by atoms with E-state index in [1.807, 2.05) is 12.3 Å². The van der Waals surface area contributed by atoms with Crippen molar-refractivity contribution >= 4 is 5.57 Å². The molecule has 0 amide bonds. The van der Waals surface area contributed by atoms with Gasteiger partial charge in [0.2, 0.25) is 0 Å². The Balaban J connectivity index is 2.22. The third-order valence-electron chi connectivity index (χ3n) is 4.29. The molecule has 3 rings (SSSR count). The highest BCUT2D eigenvalue weighted by atomic mass is 16.5. The maximum absolute atomic E-state index is 6.12. The maximum Gasteiger partial charge on any atom is 0.174 e. The van der Waals surface area contributed by atoms with Crippen LogP contribution in [0, 0.1) is 5.41 Å². The van der Waals surface area contributed by atoms with E-state index in [-0.39, 0.29) is 10.8 Å². The minimum absolute atomic E-state index is 0.00785. The monoisotopic (exact) mass is 308 g/mol. The highest BCUT2D eigenvalue weighted by molar-refractivity contribution is 5.83. The van der Waals surface area contributed by atoms with Crippen LogP contribution in [-0.4, -0.2) is 6.61 Å². The Labute approximate surface area is 139 Å². The molecule has 23 heavy (non-hydrogen) atoms. The van der Waals surface area contributed by atoms with E-state index in [0.29, 0.717) is 6.61 Å². The highest BCUT2D eigenvalue weighted by Crippen LogP contribution is 2.40. The van der Waals surface area contributed by atoms with Crippen molar-refractivity contribution in [3.8, 4) is 5.75 Å². The molecule has 0 unspecified atom stereocenters. The summed E-state index contributed by atoms with van der Waals surface area (Å²) < 4.78 is 6.12. The Morgan fingerprint density at radius 3 is 2.57 bits per heavy atom. The van der Waals surface area contributed by atoms with Gasteiger partial charge in [0.05, 0.1) is 6.61 Å². The van der Waals surface area contributed by atoms with Gasteiger partial charge in [-0.1, -0.05) is 46.8 Å². The molecule has 0 radical (unpaired) electrons. The molecule has 1 aliphatic heterocycles. The first-order valence-corrected chi connectivity index (χ1v) is 8.23. The molecule has 1 N–H and O–H groups in total. The summed E-state index contributed by atoms with van der Waals surface area (Å²) in [4.78, 5) is 3.20. The molecule has 2 heteroatoms. The molecule has 2 aromatic rings. The predicted molar refractivity (Wildman–Crippen MR) is 94.5 cm³/mol. The SMILES string of the molecule is CC1(C)C=C(c2ccc[nH+]c2)c2cc(C(C)(C)C)ccc2OC1. The van der Waals surface area contributed by atoms with Crippen LogP contribution >= 0.6 is 0 Å². The van der Waals surface area contributed by atoms with E-state index in [2.05, 4.69) is 76.1 Å². The van der Waals surface area contributed by atoms with E-state index in [1.54, 1.807) is 0 Å². The second-order valence-corrected chi connectivity index (χ2v) is 8.09. The molecule has 1 aliphatic rings. The topological polar surface area (TPSA) is 23.4 Å². The fourth-order valence-electron chi connectivity index (χ4n) is 2.91. The number of fused-ring (bicyclic) bond motifs is 1. The van der Waals surface area contributed by atoms with Gasteiger partial charge in [0.25, 0.3) is 0 Å². The Morgan fingerprint density at radius 1 is 1.13 bits per heavy atom. The molecule has 0 saturated carbocycles. The van der Waals surface area contributed by atoms with Crippen molar-refractivity contribution in [1.82, 2.24) is 0 Å². The van der Waals surface area contributed by atoms with Crippen LogP contribution < -0.4 is 9.72 Å². The van der Waals surface area contributed by atoms with Crippen LogP contribution in [-0.2, 0) is 5.41 Å². The van der Waals surface area contributed by atoms with E-state index in [1.165, 1.54) is 22.3 Å². The van der Waals surface area contributed by atoms with Crippen molar-refractivity contribution < 1.29 is 9.72 Å². The lowest BCUT2D eigenvalue weighted by atomic mass is 9.83. The molecule has 0 atom stereocenters. The number of benzene rings is 1. The summed E-state index contributed by atoms with van der Waals surface area (Å²) in [6.45, 7) is 11.9. The average Bonchev–Trinajstić information content (AvgIpc) is 2.63. The van der Waals surface area contributed by atoms with Crippen LogP contribution in [0.5, 0.6) is 5.75 Å². The lowest BCUT2D eigenvalue weighted by Crippen LogP contribution is -2.17. The van der Waals surface area contributed by atoms with E-state index in [0.717, 1.165) is 5.75 Å². The van der Waals surface area contributed by atoms with Crippen molar-refractivity contribution in [2.24, 2.45) is 5.41 Å². The van der Waals surface area contributed by atoms with E-state index < -0.39 is 0 Å². The number of hydrogen-bond acceptors (Lipinski definition) is 1. The van der Waals surface area contributed by atoms with Crippen molar-refractivity contribution in [1.29, 1.82) is 0 Å². The molecule has 2 nitrogen and oxygen atoms in total. The van der Waals surface area contributed by atoms with Crippen molar-refractivity contribution in [3.63, 3.8) is 0 Å². The minimum atomic E-state index is -0.00785. The molecule has 0 bridgehead atoms. The number of nitrogens with one attached hydrogen (secondary N) is 1. The number of hydrogen-bond donors (Lipinski definition) is 0. The standard InChI is InChI=1S/C21H25NO/c1-20(2,3)16-8-9-19-17(11-16)18(12-21(4,5)14-23-19)15-7-6-10-22-13-15/h6-13H,14H2,1-5H3/p+1. The van der Waals surface area contributed by atoms with Crippen LogP contribution in [0.2, 0.25) is 0 Å². The molecule has 0 aliphatic carbocycles. The molecule has 0 fully saturated rings. The summed E-state index contributed by atoms with van der Waals surface area (Å²) in [5.74, 6) is 0.971. The molecule has 1 aromatic heterocycles. The number of H-pyrrole nitrogens is 1. The van der Waals surface area contributed by atoms with Gasteiger partial charge in [0.15, 0.2) is 12.4 Å². The third-order valence-corrected chi connectivity index (χ3v) is 4.29. The Kier molecular flexibility index (Phi) is 3.79. The van der Waals surface area contributed by atoms with Crippen LogP contribution in [0.3, 0.4) is 0 Å². The molecular weight excluding hydrogens is 282 g/mol. The molecule has 120 valence electrons. The van der Waals surface area contributed by atoms with Crippen LogP contribution in [0.1, 0.15) is 51.3 Å². The lowest BCUT2D eigenvalue weighted by Gasteiger charge is -2.21. The van der Waals surface area contributed by atoms with Crippen LogP contribution in [0.4, 0.5) is 0 Å². The first kappa shape index (κ1) is 15.8. The smallest absolute Gasteiger partial charge is 0.174 e. The largest absolute Gasteiger partial charge is 0.492 e. The van der Waals surface area contributed by atoms with Gasteiger partial charge in [-0.05, 0) is 34.8 Å². The highest BCUT2D eigenvalue weighted by Gasteiger charge is 2.26. The van der Waals surface area contributed by atoms with Gasteiger partial charge in [-0.25, -0.2) is 4.98 Å².